The Labute approximate surface area is 238 Å². The number of fused-ring (bicyclic) bond motifs is 1. The third kappa shape index (κ3) is 5.34. The number of methoxy groups -OCH3 is 1. The Morgan fingerprint density at radius 2 is 1.76 bits per heavy atom. The largest absolute Gasteiger partial charge is 0.480 e. The molecule has 0 saturated carbocycles. The summed E-state index contributed by atoms with van der Waals surface area (Å²) in [6.45, 7) is 0.0788. The number of benzene rings is 2. The van der Waals surface area contributed by atoms with E-state index in [2.05, 4.69) is 20.8 Å². The number of nitrogens with zero attached hydrogens (tertiary/aromatic N) is 7. The molecule has 3 heterocycles. The first-order valence-corrected chi connectivity index (χ1v) is 12.8. The minimum Gasteiger partial charge on any atom is -0.480 e. The van der Waals surface area contributed by atoms with Crippen LogP contribution in [0.15, 0.2) is 70.3 Å². The molecule has 0 unspecified atom stereocenters. The van der Waals surface area contributed by atoms with Gasteiger partial charge in [-0.25, -0.2) is 23.2 Å². The number of urea groups is 1. The molecular formula is C28H28FN9O4. The van der Waals surface area contributed by atoms with Crippen LogP contribution in [0.5, 0.6) is 5.88 Å². The van der Waals surface area contributed by atoms with Crippen LogP contribution in [0.2, 0.25) is 0 Å². The van der Waals surface area contributed by atoms with Crippen molar-refractivity contribution in [1.82, 2.24) is 39.3 Å². The average Bonchev–Trinajstić information content (AvgIpc) is 3.35. The maximum absolute atomic E-state index is 14.8. The lowest BCUT2D eigenvalue weighted by Crippen LogP contribution is -2.40. The Hall–Kier alpha value is -5.37. The van der Waals surface area contributed by atoms with Gasteiger partial charge in [0.2, 0.25) is 5.88 Å². The lowest BCUT2D eigenvalue weighted by atomic mass is 10.2. The smallest absolute Gasteiger partial charge is 0.338 e. The predicted molar refractivity (Wildman–Crippen MR) is 154 cm³/mol. The van der Waals surface area contributed by atoms with Crippen molar-refractivity contribution < 1.29 is 13.9 Å². The lowest BCUT2D eigenvalue weighted by molar-refractivity contribution is 0.254. The molecule has 0 atom stereocenters. The van der Waals surface area contributed by atoms with E-state index >= 15 is 0 Å². The van der Waals surface area contributed by atoms with Crippen LogP contribution in [-0.2, 0) is 13.1 Å². The van der Waals surface area contributed by atoms with Gasteiger partial charge in [-0.15, -0.1) is 15.3 Å². The molecule has 2 amide bonds. The molecule has 0 aliphatic heterocycles. The Morgan fingerprint density at radius 3 is 2.38 bits per heavy atom. The first kappa shape index (κ1) is 28.2. The number of aromatic nitrogens is 6. The molecule has 5 aromatic rings. The summed E-state index contributed by atoms with van der Waals surface area (Å²) in [6.07, 6.45) is 0. The van der Waals surface area contributed by atoms with Crippen molar-refractivity contribution >= 4 is 22.8 Å². The predicted octanol–water partition coefficient (Wildman–Crippen LogP) is 2.14. The van der Waals surface area contributed by atoms with Gasteiger partial charge in [0.05, 0.1) is 25.0 Å². The highest BCUT2D eigenvalue weighted by Gasteiger charge is 2.25. The fraction of sp³-hybridized carbons (Fsp3) is 0.214. The maximum Gasteiger partial charge on any atom is 0.338 e. The molecule has 0 radical (unpaired) electrons. The van der Waals surface area contributed by atoms with E-state index in [-0.39, 0.29) is 47.4 Å². The number of hydrogen-bond acceptors (Lipinski definition) is 8. The summed E-state index contributed by atoms with van der Waals surface area (Å²) in [4.78, 5) is 41.6. The third-order valence-electron chi connectivity index (χ3n) is 6.47. The molecule has 0 fully saturated rings. The summed E-state index contributed by atoms with van der Waals surface area (Å²) in [6, 6.07) is 15.5. The van der Waals surface area contributed by atoms with Gasteiger partial charge in [0.15, 0.2) is 11.5 Å². The summed E-state index contributed by atoms with van der Waals surface area (Å²) in [7, 11) is 6.61. The molecule has 0 aliphatic rings. The molecule has 2 aromatic carbocycles. The van der Waals surface area contributed by atoms with Crippen LogP contribution >= 0.6 is 0 Å². The van der Waals surface area contributed by atoms with E-state index in [1.54, 1.807) is 47.1 Å². The van der Waals surface area contributed by atoms with E-state index in [0.29, 0.717) is 17.1 Å². The second kappa shape index (κ2) is 11.6. The normalized spacial score (nSPS) is 11.2. The number of carbonyl (C=O) groups is 1. The number of amides is 2. The van der Waals surface area contributed by atoms with Gasteiger partial charge in [0.25, 0.3) is 5.56 Å². The topological polar surface area (TPSA) is 141 Å². The van der Waals surface area contributed by atoms with E-state index < -0.39 is 17.1 Å². The number of rotatable bonds is 8. The van der Waals surface area contributed by atoms with E-state index in [1.807, 2.05) is 19.0 Å². The summed E-state index contributed by atoms with van der Waals surface area (Å²) in [5, 5.41) is 18.0. The van der Waals surface area contributed by atoms with Crippen molar-refractivity contribution in [2.75, 3.05) is 33.6 Å². The van der Waals surface area contributed by atoms with Gasteiger partial charge in [0.1, 0.15) is 11.2 Å². The molecule has 13 nitrogen and oxygen atoms in total. The zero-order valence-electron chi connectivity index (χ0n) is 23.3. The number of ether oxygens (including phenoxy) is 1. The second-order valence-corrected chi connectivity index (χ2v) is 9.58. The molecule has 0 spiro atoms. The molecular weight excluding hydrogens is 545 g/mol. The van der Waals surface area contributed by atoms with Crippen LogP contribution in [-0.4, -0.2) is 68.3 Å². The van der Waals surface area contributed by atoms with Gasteiger partial charge in [-0.05, 0) is 50.5 Å². The Bertz CT molecular complexity index is 1880. The Morgan fingerprint density at radius 1 is 1.02 bits per heavy atom. The van der Waals surface area contributed by atoms with Gasteiger partial charge < -0.3 is 20.3 Å². The molecule has 42 heavy (non-hydrogen) atoms. The quantitative estimate of drug-likeness (QED) is 0.288. The first-order chi connectivity index (χ1) is 20.2. The molecule has 216 valence electrons. The van der Waals surface area contributed by atoms with Gasteiger partial charge in [-0.3, -0.25) is 9.36 Å². The lowest BCUT2D eigenvalue weighted by Gasteiger charge is -2.14. The number of nitrogens with one attached hydrogen (secondary N) is 2. The minimum atomic E-state index is -0.763. The molecule has 2 N–H and O–H groups in total. The molecule has 0 aliphatic carbocycles. The summed E-state index contributed by atoms with van der Waals surface area (Å²) in [5.74, 6) is -0.329. The molecule has 14 heteroatoms. The second-order valence-electron chi connectivity index (χ2n) is 9.58. The maximum atomic E-state index is 14.8. The zero-order chi connectivity index (χ0) is 30.0. The van der Waals surface area contributed by atoms with E-state index in [4.69, 9.17) is 9.84 Å². The standard InChI is InChI=1S/C28H28FN9O4/c1-30-27(40)31-18-9-11-19(12-10-18)38-21(16-35(2)3)24-25(34-38)36(15-17-7-5-6-8-20(17)29)28(41)37(26(24)39)22-13-14-23(42-4)33-32-22/h5-14H,15-16H2,1-4H3,(H2,30,31,40). The third-order valence-corrected chi connectivity index (χ3v) is 6.47. The van der Waals surface area contributed by atoms with Crippen LogP contribution < -0.4 is 26.6 Å². The highest BCUT2D eigenvalue weighted by atomic mass is 19.1. The first-order valence-electron chi connectivity index (χ1n) is 12.8. The summed E-state index contributed by atoms with van der Waals surface area (Å²) in [5.41, 5.74) is 0.508. The number of carbonyl (C=O) groups excluding carboxylic acids is 1. The summed E-state index contributed by atoms with van der Waals surface area (Å²) >= 11 is 0. The van der Waals surface area contributed by atoms with Crippen molar-refractivity contribution in [1.29, 1.82) is 0 Å². The SMILES string of the molecule is CNC(=O)Nc1ccc(-n2nc3c(c2CN(C)C)c(=O)n(-c2ccc(OC)nn2)c(=O)n3Cc2ccccc2F)cc1. The van der Waals surface area contributed by atoms with Crippen LogP contribution in [0.1, 0.15) is 11.3 Å². The highest BCUT2D eigenvalue weighted by Crippen LogP contribution is 2.23. The van der Waals surface area contributed by atoms with E-state index in [9.17, 15) is 18.8 Å². The van der Waals surface area contributed by atoms with Crippen molar-refractivity contribution in [2.45, 2.75) is 13.1 Å². The molecule has 3 aromatic heterocycles. The van der Waals surface area contributed by atoms with Crippen molar-refractivity contribution in [2.24, 2.45) is 0 Å². The zero-order valence-corrected chi connectivity index (χ0v) is 23.3. The van der Waals surface area contributed by atoms with Crippen molar-refractivity contribution in [3.8, 4) is 17.4 Å². The molecule has 5 rings (SSSR count). The minimum absolute atomic E-state index is 0.0248. The van der Waals surface area contributed by atoms with Crippen LogP contribution in [0.4, 0.5) is 14.9 Å². The van der Waals surface area contributed by atoms with E-state index in [1.165, 1.54) is 36.9 Å². The average molecular weight is 574 g/mol. The monoisotopic (exact) mass is 573 g/mol. The van der Waals surface area contributed by atoms with Gasteiger partial charge >= 0.3 is 11.7 Å². The number of hydrogen-bond donors (Lipinski definition) is 2. The summed E-state index contributed by atoms with van der Waals surface area (Å²) < 4.78 is 23.6. The Kier molecular flexibility index (Phi) is 7.80. The van der Waals surface area contributed by atoms with E-state index in [0.717, 1.165) is 4.57 Å². The van der Waals surface area contributed by atoms with Crippen LogP contribution in [0.3, 0.4) is 0 Å². The van der Waals surface area contributed by atoms with Gasteiger partial charge in [-0.1, -0.05) is 18.2 Å². The molecule has 0 saturated heterocycles. The fourth-order valence-electron chi connectivity index (χ4n) is 4.48. The molecule has 0 bridgehead atoms. The number of anilines is 1. The van der Waals surface area contributed by atoms with Crippen molar-refractivity contribution in [3.63, 3.8) is 0 Å². The van der Waals surface area contributed by atoms with Gasteiger partial charge in [-0.2, -0.15) is 0 Å². The highest BCUT2D eigenvalue weighted by molar-refractivity contribution is 5.89. The Balaban J connectivity index is 1.80. The number of halogens is 1. The van der Waals surface area contributed by atoms with Crippen LogP contribution in [0.25, 0.3) is 22.5 Å². The van der Waals surface area contributed by atoms with Crippen LogP contribution in [0, 0.1) is 5.82 Å². The fourth-order valence-corrected chi connectivity index (χ4v) is 4.48. The van der Waals surface area contributed by atoms with Gasteiger partial charge in [0, 0.05) is 30.9 Å². The van der Waals surface area contributed by atoms with Crippen molar-refractivity contribution in [3.05, 3.63) is 98.6 Å².